The molecule has 0 saturated heterocycles. The number of hydrogen-bond donors (Lipinski definition) is 1. The van der Waals surface area contributed by atoms with Gasteiger partial charge in [0.15, 0.2) is 18.1 Å². The number of ether oxygens (including phenoxy) is 3. The largest absolute Gasteiger partial charge is 0.493 e. The highest BCUT2D eigenvalue weighted by Crippen LogP contribution is 2.31. The third kappa shape index (κ3) is 6.23. The van der Waals surface area contributed by atoms with Crippen LogP contribution in [0.2, 0.25) is 10.0 Å². The number of hydrazone groups is 1. The Morgan fingerprint density at radius 1 is 0.886 bits per heavy atom. The maximum atomic E-state index is 12.2. The minimum Gasteiger partial charge on any atom is -0.493 e. The van der Waals surface area contributed by atoms with Gasteiger partial charge >= 0.3 is 0 Å². The predicted octanol–water partition coefficient (Wildman–Crippen LogP) is 6.26. The molecule has 0 spiro atoms. The third-order valence-corrected chi connectivity index (χ3v) is 5.84. The van der Waals surface area contributed by atoms with Crippen LogP contribution in [0.3, 0.4) is 0 Å². The van der Waals surface area contributed by atoms with Crippen LogP contribution in [0.25, 0.3) is 10.8 Å². The molecule has 0 aliphatic carbocycles. The van der Waals surface area contributed by atoms with Crippen LogP contribution in [0.5, 0.6) is 17.2 Å². The molecule has 6 nitrogen and oxygen atoms in total. The van der Waals surface area contributed by atoms with Crippen molar-refractivity contribution in [3.63, 3.8) is 0 Å². The molecular weight excluding hydrogens is 487 g/mol. The van der Waals surface area contributed by atoms with Crippen LogP contribution in [0.4, 0.5) is 0 Å². The zero-order chi connectivity index (χ0) is 24.6. The molecule has 0 aliphatic heterocycles. The summed E-state index contributed by atoms with van der Waals surface area (Å²) in [7, 11) is 1.54. The van der Waals surface area contributed by atoms with Gasteiger partial charge in [0, 0.05) is 21.0 Å². The van der Waals surface area contributed by atoms with Crippen LogP contribution in [-0.4, -0.2) is 25.8 Å². The second-order valence-corrected chi connectivity index (χ2v) is 8.27. The molecule has 1 N–H and O–H groups in total. The van der Waals surface area contributed by atoms with Crippen LogP contribution in [0.1, 0.15) is 11.1 Å². The Balaban J connectivity index is 1.33. The van der Waals surface area contributed by atoms with Crippen molar-refractivity contribution in [2.24, 2.45) is 5.10 Å². The maximum absolute atomic E-state index is 12.2. The predicted molar refractivity (Wildman–Crippen MR) is 139 cm³/mol. The Hall–Kier alpha value is -3.74. The van der Waals surface area contributed by atoms with Crippen molar-refractivity contribution < 1.29 is 19.0 Å². The molecule has 0 saturated carbocycles. The van der Waals surface area contributed by atoms with Gasteiger partial charge in [-0.25, -0.2) is 5.43 Å². The summed E-state index contributed by atoms with van der Waals surface area (Å²) >= 11 is 12.4. The van der Waals surface area contributed by atoms with Gasteiger partial charge in [0.2, 0.25) is 0 Å². The number of halogens is 2. The summed E-state index contributed by atoms with van der Waals surface area (Å²) in [5, 5.41) is 7.04. The van der Waals surface area contributed by atoms with E-state index in [1.165, 1.54) is 13.3 Å². The van der Waals surface area contributed by atoms with E-state index < -0.39 is 0 Å². The van der Waals surface area contributed by atoms with E-state index in [9.17, 15) is 4.79 Å². The van der Waals surface area contributed by atoms with E-state index in [0.717, 1.165) is 10.8 Å². The number of hydrogen-bond acceptors (Lipinski definition) is 5. The van der Waals surface area contributed by atoms with Crippen LogP contribution >= 0.6 is 23.2 Å². The van der Waals surface area contributed by atoms with E-state index in [1.54, 1.807) is 36.4 Å². The number of rotatable bonds is 9. The van der Waals surface area contributed by atoms with Gasteiger partial charge in [-0.15, -0.1) is 0 Å². The molecule has 0 radical (unpaired) electrons. The fraction of sp³-hybridized carbons (Fsp3) is 0.111. The summed E-state index contributed by atoms with van der Waals surface area (Å²) in [6.45, 7) is 0.0289. The van der Waals surface area contributed by atoms with Gasteiger partial charge in [0.25, 0.3) is 5.91 Å². The van der Waals surface area contributed by atoms with Crippen LogP contribution < -0.4 is 19.6 Å². The molecule has 4 rings (SSSR count). The number of carbonyl (C=O) groups excluding carboxylic acids is 1. The first kappa shape index (κ1) is 24.4. The van der Waals surface area contributed by atoms with E-state index in [-0.39, 0.29) is 19.1 Å². The number of fused-ring (bicyclic) bond motifs is 1. The SMILES string of the molecule is COc1cc(/C=N/NC(=O)COc2cccc3ccccc23)ccc1OCc1c(Cl)cccc1Cl. The molecule has 0 atom stereocenters. The van der Waals surface area contributed by atoms with Gasteiger partial charge in [0.05, 0.1) is 13.3 Å². The quantitative estimate of drug-likeness (QED) is 0.214. The number of methoxy groups -OCH3 is 1. The first-order chi connectivity index (χ1) is 17.0. The number of nitrogens with zero attached hydrogens (tertiary/aromatic N) is 1. The Bertz CT molecular complexity index is 1350. The van der Waals surface area contributed by atoms with Gasteiger partial charge in [-0.3, -0.25) is 4.79 Å². The van der Waals surface area contributed by atoms with Crippen LogP contribution in [0, 0.1) is 0 Å². The van der Waals surface area contributed by atoms with Crippen molar-refractivity contribution in [1.29, 1.82) is 0 Å². The van der Waals surface area contributed by atoms with Crippen molar-refractivity contribution in [1.82, 2.24) is 5.43 Å². The second-order valence-electron chi connectivity index (χ2n) is 7.46. The standard InChI is InChI=1S/C27H22Cl2N2O4/c1-33-26-14-18(12-13-25(26)34-16-21-22(28)9-5-10-23(21)29)15-30-31-27(32)17-35-24-11-4-7-19-6-2-3-8-20(19)24/h2-15H,16-17H2,1H3,(H,31,32)/b30-15+. The van der Waals surface area contributed by atoms with Gasteiger partial charge < -0.3 is 14.2 Å². The fourth-order valence-corrected chi connectivity index (χ4v) is 3.89. The lowest BCUT2D eigenvalue weighted by atomic mass is 10.1. The minimum absolute atomic E-state index is 0.161. The highest BCUT2D eigenvalue weighted by Gasteiger charge is 2.10. The van der Waals surface area contributed by atoms with E-state index in [1.807, 2.05) is 42.5 Å². The number of nitrogens with one attached hydrogen (secondary N) is 1. The molecule has 4 aromatic rings. The normalized spacial score (nSPS) is 10.9. The average molecular weight is 509 g/mol. The van der Waals surface area contributed by atoms with E-state index >= 15 is 0 Å². The number of benzene rings is 4. The zero-order valence-electron chi connectivity index (χ0n) is 18.8. The van der Waals surface area contributed by atoms with Crippen LogP contribution in [0.15, 0.2) is 84.0 Å². The molecule has 35 heavy (non-hydrogen) atoms. The summed E-state index contributed by atoms with van der Waals surface area (Å²) in [6, 6.07) is 24.1. The van der Waals surface area contributed by atoms with E-state index in [2.05, 4.69) is 10.5 Å². The molecule has 178 valence electrons. The average Bonchev–Trinajstić information content (AvgIpc) is 2.87. The maximum Gasteiger partial charge on any atom is 0.277 e. The zero-order valence-corrected chi connectivity index (χ0v) is 20.3. The molecule has 1 amide bonds. The number of amides is 1. The molecule has 0 unspecified atom stereocenters. The summed E-state index contributed by atoms with van der Waals surface area (Å²) in [5.74, 6) is 1.29. The Kier molecular flexibility index (Phi) is 8.08. The fourth-order valence-electron chi connectivity index (χ4n) is 3.38. The van der Waals surface area contributed by atoms with Crippen molar-refractivity contribution in [3.05, 3.63) is 100 Å². The minimum atomic E-state index is -0.377. The lowest BCUT2D eigenvalue weighted by Gasteiger charge is -2.13. The lowest BCUT2D eigenvalue weighted by molar-refractivity contribution is -0.123. The lowest BCUT2D eigenvalue weighted by Crippen LogP contribution is -2.24. The molecular formula is C27H22Cl2N2O4. The number of carbonyl (C=O) groups is 1. The first-order valence-corrected chi connectivity index (χ1v) is 11.5. The molecule has 0 heterocycles. The van der Waals surface area contributed by atoms with Crippen molar-refractivity contribution >= 4 is 46.1 Å². The van der Waals surface area contributed by atoms with Gasteiger partial charge in [-0.2, -0.15) is 5.10 Å². The van der Waals surface area contributed by atoms with E-state index in [0.29, 0.717) is 38.4 Å². The molecule has 0 aliphatic rings. The monoisotopic (exact) mass is 508 g/mol. The summed E-state index contributed by atoms with van der Waals surface area (Å²) in [4.78, 5) is 12.2. The van der Waals surface area contributed by atoms with Gasteiger partial charge in [0.1, 0.15) is 12.4 Å². The molecule has 4 aromatic carbocycles. The summed E-state index contributed by atoms with van der Waals surface area (Å²) < 4.78 is 17.0. The smallest absolute Gasteiger partial charge is 0.277 e. The Morgan fingerprint density at radius 3 is 2.43 bits per heavy atom. The topological polar surface area (TPSA) is 69.2 Å². The molecule has 8 heteroatoms. The third-order valence-electron chi connectivity index (χ3n) is 5.13. The highest BCUT2D eigenvalue weighted by atomic mass is 35.5. The summed E-state index contributed by atoms with van der Waals surface area (Å²) in [6.07, 6.45) is 1.51. The Morgan fingerprint density at radius 2 is 1.63 bits per heavy atom. The molecule has 0 fully saturated rings. The van der Waals surface area contributed by atoms with Crippen molar-refractivity contribution in [2.75, 3.05) is 13.7 Å². The molecule has 0 aromatic heterocycles. The van der Waals surface area contributed by atoms with Crippen molar-refractivity contribution in [2.45, 2.75) is 6.61 Å². The molecule has 0 bridgehead atoms. The van der Waals surface area contributed by atoms with Gasteiger partial charge in [-0.05, 0) is 47.3 Å². The summed E-state index contributed by atoms with van der Waals surface area (Å²) in [5.41, 5.74) is 3.86. The highest BCUT2D eigenvalue weighted by molar-refractivity contribution is 6.35. The Labute approximate surface area is 213 Å². The second kappa shape index (κ2) is 11.6. The first-order valence-electron chi connectivity index (χ1n) is 10.7. The van der Waals surface area contributed by atoms with Crippen molar-refractivity contribution in [3.8, 4) is 17.2 Å². The van der Waals surface area contributed by atoms with Gasteiger partial charge in [-0.1, -0.05) is 65.7 Å². The van der Waals surface area contributed by atoms with E-state index in [4.69, 9.17) is 37.4 Å². The van der Waals surface area contributed by atoms with Crippen LogP contribution in [-0.2, 0) is 11.4 Å².